The lowest BCUT2D eigenvalue weighted by atomic mass is 9.94. The first-order chi connectivity index (χ1) is 5.63. The summed E-state index contributed by atoms with van der Waals surface area (Å²) in [5.74, 6) is 0.581. The van der Waals surface area contributed by atoms with Gasteiger partial charge in [-0.25, -0.2) is 0 Å². The Hall–Kier alpha value is -1.04. The van der Waals surface area contributed by atoms with Gasteiger partial charge < -0.3 is 0 Å². The average Bonchev–Trinajstić information content (AvgIpc) is 2.04. The van der Waals surface area contributed by atoms with Gasteiger partial charge in [0.15, 0.2) is 0 Å². The molecule has 0 atom stereocenters. The summed E-state index contributed by atoms with van der Waals surface area (Å²) >= 11 is 0. The summed E-state index contributed by atoms with van der Waals surface area (Å²) in [7, 11) is 0. The minimum atomic E-state index is 0.581. The van der Waals surface area contributed by atoms with Crippen LogP contribution in [0, 0.1) is 0 Å². The van der Waals surface area contributed by atoms with E-state index in [0.717, 1.165) is 5.57 Å². The molecule has 0 nitrogen and oxygen atoms in total. The van der Waals surface area contributed by atoms with Crippen molar-refractivity contribution in [3.63, 3.8) is 0 Å². The first-order valence-corrected chi connectivity index (χ1v) is 4.37. The Morgan fingerprint density at radius 2 is 1.83 bits per heavy atom. The van der Waals surface area contributed by atoms with Crippen molar-refractivity contribution in [2.24, 2.45) is 0 Å². The molecule has 0 amide bonds. The van der Waals surface area contributed by atoms with Crippen molar-refractivity contribution in [3.05, 3.63) is 42.0 Å². The average molecular weight is 160 g/mol. The van der Waals surface area contributed by atoms with Gasteiger partial charge in [-0.3, -0.25) is 0 Å². The lowest BCUT2D eigenvalue weighted by Gasteiger charge is -2.11. The number of allylic oxidation sites excluding steroid dienone is 1. The highest BCUT2D eigenvalue weighted by atomic mass is 14.1. The van der Waals surface area contributed by atoms with Crippen LogP contribution in [-0.2, 0) is 0 Å². The molecule has 64 valence electrons. The van der Waals surface area contributed by atoms with Gasteiger partial charge in [0, 0.05) is 0 Å². The molecule has 0 N–H and O–H groups in total. The molecule has 0 aliphatic carbocycles. The number of hydrogen-bond donors (Lipinski definition) is 0. The fraction of sp³-hybridized carbons (Fsp3) is 0.333. The van der Waals surface area contributed by atoms with Crippen molar-refractivity contribution in [1.82, 2.24) is 0 Å². The maximum absolute atomic E-state index is 3.97. The Morgan fingerprint density at radius 3 is 2.25 bits per heavy atom. The van der Waals surface area contributed by atoms with Crippen LogP contribution in [0.4, 0.5) is 0 Å². The van der Waals surface area contributed by atoms with Crippen LogP contribution >= 0.6 is 0 Å². The van der Waals surface area contributed by atoms with Crippen molar-refractivity contribution in [1.29, 1.82) is 0 Å². The van der Waals surface area contributed by atoms with Crippen molar-refractivity contribution in [3.8, 4) is 0 Å². The molecule has 0 unspecified atom stereocenters. The van der Waals surface area contributed by atoms with Gasteiger partial charge in [-0.05, 0) is 24.0 Å². The Kier molecular flexibility index (Phi) is 2.69. The molecule has 0 heteroatoms. The van der Waals surface area contributed by atoms with Crippen LogP contribution in [0.15, 0.2) is 30.8 Å². The second kappa shape index (κ2) is 3.57. The van der Waals surface area contributed by atoms with Crippen LogP contribution in [0.2, 0.25) is 0 Å². The zero-order chi connectivity index (χ0) is 9.14. The summed E-state index contributed by atoms with van der Waals surface area (Å²) in [5.41, 5.74) is 3.84. The van der Waals surface area contributed by atoms with Crippen LogP contribution in [-0.4, -0.2) is 0 Å². The standard InChI is InChI=1S/C12H16/c1-9(2)11-7-5-6-8-12(11)10(3)4/h5-8,10H,1H2,2-4H3. The quantitative estimate of drug-likeness (QED) is 0.616. The molecule has 0 saturated carbocycles. The van der Waals surface area contributed by atoms with E-state index in [4.69, 9.17) is 0 Å². The third-order valence-electron chi connectivity index (χ3n) is 2.04. The zero-order valence-electron chi connectivity index (χ0n) is 8.09. The van der Waals surface area contributed by atoms with Crippen LogP contribution in [0.3, 0.4) is 0 Å². The van der Waals surface area contributed by atoms with Gasteiger partial charge in [0.25, 0.3) is 0 Å². The third-order valence-corrected chi connectivity index (χ3v) is 2.04. The second-order valence-electron chi connectivity index (χ2n) is 3.52. The zero-order valence-corrected chi connectivity index (χ0v) is 8.09. The molecule has 1 rings (SSSR count). The van der Waals surface area contributed by atoms with E-state index in [0.29, 0.717) is 5.92 Å². The van der Waals surface area contributed by atoms with Crippen molar-refractivity contribution in [2.45, 2.75) is 26.7 Å². The predicted octanol–water partition coefficient (Wildman–Crippen LogP) is 3.84. The molecule has 0 bridgehead atoms. The number of benzene rings is 1. The maximum Gasteiger partial charge on any atom is -0.0199 e. The third kappa shape index (κ3) is 1.76. The molecular weight excluding hydrogens is 144 g/mol. The highest BCUT2D eigenvalue weighted by Crippen LogP contribution is 2.23. The molecule has 1 aromatic carbocycles. The minimum Gasteiger partial charge on any atom is -0.0955 e. The SMILES string of the molecule is C=C(C)c1ccccc1C(C)C. The summed E-state index contributed by atoms with van der Waals surface area (Å²) in [6.07, 6.45) is 0. The van der Waals surface area contributed by atoms with Gasteiger partial charge >= 0.3 is 0 Å². The van der Waals surface area contributed by atoms with E-state index >= 15 is 0 Å². The van der Waals surface area contributed by atoms with Gasteiger partial charge in [-0.15, -0.1) is 0 Å². The lowest BCUT2D eigenvalue weighted by Crippen LogP contribution is -1.92. The number of hydrogen-bond acceptors (Lipinski definition) is 0. The smallest absolute Gasteiger partial charge is 0.0199 e. The van der Waals surface area contributed by atoms with E-state index < -0.39 is 0 Å². The molecule has 0 aromatic heterocycles. The molecule has 0 spiro atoms. The molecule has 0 heterocycles. The van der Waals surface area contributed by atoms with Gasteiger partial charge in [-0.1, -0.05) is 50.3 Å². The van der Waals surface area contributed by atoms with E-state index in [-0.39, 0.29) is 0 Å². The van der Waals surface area contributed by atoms with Gasteiger partial charge in [0.05, 0.1) is 0 Å². The van der Waals surface area contributed by atoms with Crippen molar-refractivity contribution >= 4 is 5.57 Å². The summed E-state index contributed by atoms with van der Waals surface area (Å²) in [5, 5.41) is 0. The largest absolute Gasteiger partial charge is 0.0955 e. The molecule has 0 aliphatic rings. The molecule has 0 saturated heterocycles. The Morgan fingerprint density at radius 1 is 1.25 bits per heavy atom. The summed E-state index contributed by atoms with van der Waals surface area (Å²) in [6.45, 7) is 10.4. The monoisotopic (exact) mass is 160 g/mol. The van der Waals surface area contributed by atoms with Gasteiger partial charge in [-0.2, -0.15) is 0 Å². The molecule has 1 aromatic rings. The fourth-order valence-electron chi connectivity index (χ4n) is 1.39. The molecule has 12 heavy (non-hydrogen) atoms. The first-order valence-electron chi connectivity index (χ1n) is 4.37. The fourth-order valence-corrected chi connectivity index (χ4v) is 1.39. The van der Waals surface area contributed by atoms with Crippen LogP contribution in [0.1, 0.15) is 37.8 Å². The molecular formula is C12H16. The van der Waals surface area contributed by atoms with E-state index in [9.17, 15) is 0 Å². The number of rotatable bonds is 2. The van der Waals surface area contributed by atoms with Crippen LogP contribution in [0.5, 0.6) is 0 Å². The minimum absolute atomic E-state index is 0.581. The molecule has 0 radical (unpaired) electrons. The first kappa shape index (κ1) is 9.05. The predicted molar refractivity (Wildman–Crippen MR) is 55.2 cm³/mol. The van der Waals surface area contributed by atoms with E-state index in [2.05, 4.69) is 51.6 Å². The van der Waals surface area contributed by atoms with Gasteiger partial charge in [0.1, 0.15) is 0 Å². The maximum atomic E-state index is 3.97. The lowest BCUT2D eigenvalue weighted by molar-refractivity contribution is 0.862. The summed E-state index contributed by atoms with van der Waals surface area (Å²) in [4.78, 5) is 0. The second-order valence-corrected chi connectivity index (χ2v) is 3.52. The van der Waals surface area contributed by atoms with E-state index in [1.54, 1.807) is 0 Å². The molecule has 0 fully saturated rings. The van der Waals surface area contributed by atoms with Gasteiger partial charge in [0.2, 0.25) is 0 Å². The topological polar surface area (TPSA) is 0 Å². The summed E-state index contributed by atoms with van der Waals surface area (Å²) < 4.78 is 0. The Bertz CT molecular complexity index is 282. The normalized spacial score (nSPS) is 10.3. The van der Waals surface area contributed by atoms with Crippen molar-refractivity contribution < 1.29 is 0 Å². The molecule has 0 aliphatic heterocycles. The Balaban J connectivity index is 3.17. The van der Waals surface area contributed by atoms with Crippen LogP contribution < -0.4 is 0 Å². The Labute approximate surface area is 74.9 Å². The highest BCUT2D eigenvalue weighted by molar-refractivity contribution is 5.64. The van der Waals surface area contributed by atoms with Crippen molar-refractivity contribution in [2.75, 3.05) is 0 Å². The van der Waals surface area contributed by atoms with E-state index in [1.165, 1.54) is 11.1 Å². The highest BCUT2D eigenvalue weighted by Gasteiger charge is 2.04. The van der Waals surface area contributed by atoms with Crippen LogP contribution in [0.25, 0.3) is 5.57 Å². The summed E-state index contributed by atoms with van der Waals surface area (Å²) in [6, 6.07) is 8.46. The van der Waals surface area contributed by atoms with E-state index in [1.807, 2.05) is 0 Å².